The number of aliphatic carboxylic acids is 1. The van der Waals surface area contributed by atoms with E-state index in [1.165, 1.54) is 13.2 Å². The molecule has 1 aromatic carbocycles. The lowest BCUT2D eigenvalue weighted by atomic mass is 9.94. The smallest absolute Gasteiger partial charge is 0.306 e. The molecule has 20 heavy (non-hydrogen) atoms. The van der Waals surface area contributed by atoms with Crippen molar-refractivity contribution in [2.24, 2.45) is 5.92 Å². The molecular weight excluding hydrogens is 261 g/mol. The van der Waals surface area contributed by atoms with Gasteiger partial charge in [0.1, 0.15) is 11.6 Å². The number of ether oxygens (including phenoxy) is 1. The number of rotatable bonds is 4. The maximum absolute atomic E-state index is 14.0. The normalized spacial score (nSPS) is 18.8. The van der Waals surface area contributed by atoms with Crippen LogP contribution in [-0.2, 0) is 4.79 Å². The van der Waals surface area contributed by atoms with Crippen molar-refractivity contribution in [3.05, 3.63) is 29.6 Å². The average molecular weight is 281 g/mol. The fourth-order valence-electron chi connectivity index (χ4n) is 2.82. The van der Waals surface area contributed by atoms with Crippen LogP contribution in [-0.4, -0.2) is 36.2 Å². The van der Waals surface area contributed by atoms with Gasteiger partial charge in [0.25, 0.3) is 0 Å². The molecule has 5 heteroatoms. The Bertz CT molecular complexity index is 484. The van der Waals surface area contributed by atoms with Crippen LogP contribution in [0.3, 0.4) is 0 Å². The fraction of sp³-hybridized carbons (Fsp3) is 0.533. The number of hydrogen-bond donors (Lipinski definition) is 1. The molecule has 4 nitrogen and oxygen atoms in total. The van der Waals surface area contributed by atoms with Crippen LogP contribution in [0.2, 0.25) is 0 Å². The second-order valence-corrected chi connectivity index (χ2v) is 5.18. The lowest BCUT2D eigenvalue weighted by Crippen LogP contribution is -2.38. The molecule has 1 atom stereocenters. The monoisotopic (exact) mass is 281 g/mol. The molecule has 110 valence electrons. The minimum atomic E-state index is -0.735. The number of benzene rings is 1. The maximum Gasteiger partial charge on any atom is 0.306 e. The van der Waals surface area contributed by atoms with Gasteiger partial charge in [0, 0.05) is 11.6 Å². The number of nitrogens with zero attached hydrogens (tertiary/aromatic N) is 1. The molecule has 2 rings (SSSR count). The van der Waals surface area contributed by atoms with Gasteiger partial charge in [-0.05, 0) is 45.0 Å². The molecule has 1 aliphatic rings. The molecule has 0 spiro atoms. The van der Waals surface area contributed by atoms with E-state index < -0.39 is 5.97 Å². The van der Waals surface area contributed by atoms with Crippen molar-refractivity contribution in [2.45, 2.75) is 25.8 Å². The first kappa shape index (κ1) is 14.8. The van der Waals surface area contributed by atoms with Gasteiger partial charge in [-0.15, -0.1) is 0 Å². The number of hydrogen-bond acceptors (Lipinski definition) is 3. The summed E-state index contributed by atoms with van der Waals surface area (Å²) in [5, 5.41) is 9.01. The molecule has 1 unspecified atom stereocenters. The largest absolute Gasteiger partial charge is 0.496 e. The molecular formula is C15H20FNO3. The molecule has 1 aliphatic heterocycles. The van der Waals surface area contributed by atoms with Crippen molar-refractivity contribution in [1.29, 1.82) is 0 Å². The Kier molecular flexibility index (Phi) is 4.60. The van der Waals surface area contributed by atoms with Crippen molar-refractivity contribution in [3.63, 3.8) is 0 Å². The molecule has 0 saturated carbocycles. The number of carboxylic acids is 1. The zero-order chi connectivity index (χ0) is 14.7. The van der Waals surface area contributed by atoms with E-state index >= 15 is 0 Å². The second-order valence-electron chi connectivity index (χ2n) is 5.18. The van der Waals surface area contributed by atoms with Gasteiger partial charge in [-0.1, -0.05) is 6.07 Å². The summed E-state index contributed by atoms with van der Waals surface area (Å²) in [6.07, 6.45) is 1.22. The minimum Gasteiger partial charge on any atom is -0.496 e. The van der Waals surface area contributed by atoms with Crippen LogP contribution in [0.4, 0.5) is 4.39 Å². The van der Waals surface area contributed by atoms with Gasteiger partial charge >= 0.3 is 5.97 Å². The summed E-state index contributed by atoms with van der Waals surface area (Å²) < 4.78 is 19.3. The molecule has 0 aliphatic carbocycles. The number of methoxy groups -OCH3 is 1. The van der Waals surface area contributed by atoms with Crippen LogP contribution in [0.15, 0.2) is 18.2 Å². The Hall–Kier alpha value is -1.62. The first-order valence-electron chi connectivity index (χ1n) is 6.83. The van der Waals surface area contributed by atoms with Crippen molar-refractivity contribution in [1.82, 2.24) is 4.90 Å². The molecule has 1 N–H and O–H groups in total. The quantitative estimate of drug-likeness (QED) is 0.922. The van der Waals surface area contributed by atoms with Gasteiger partial charge in [0.15, 0.2) is 0 Å². The van der Waals surface area contributed by atoms with E-state index in [4.69, 9.17) is 9.84 Å². The summed E-state index contributed by atoms with van der Waals surface area (Å²) in [5.41, 5.74) is 0.545. The molecule has 0 bridgehead atoms. The summed E-state index contributed by atoms with van der Waals surface area (Å²) in [4.78, 5) is 13.1. The summed E-state index contributed by atoms with van der Waals surface area (Å²) in [6, 6.07) is 4.68. The number of carboxylic acid groups (broad SMARTS) is 1. The first-order valence-corrected chi connectivity index (χ1v) is 6.83. The highest BCUT2D eigenvalue weighted by Crippen LogP contribution is 2.33. The Labute approximate surface area is 118 Å². The van der Waals surface area contributed by atoms with Gasteiger partial charge < -0.3 is 9.84 Å². The lowest BCUT2D eigenvalue weighted by molar-refractivity contribution is -0.143. The van der Waals surface area contributed by atoms with Crippen LogP contribution >= 0.6 is 0 Å². The van der Waals surface area contributed by atoms with Crippen LogP contribution in [0.25, 0.3) is 0 Å². The third-order valence-corrected chi connectivity index (χ3v) is 4.08. The van der Waals surface area contributed by atoms with Crippen LogP contribution < -0.4 is 4.74 Å². The van der Waals surface area contributed by atoms with E-state index in [-0.39, 0.29) is 17.8 Å². The number of halogens is 1. The first-order chi connectivity index (χ1) is 9.54. The third kappa shape index (κ3) is 2.93. The highest BCUT2D eigenvalue weighted by Gasteiger charge is 2.29. The third-order valence-electron chi connectivity index (χ3n) is 4.08. The van der Waals surface area contributed by atoms with E-state index in [1.807, 2.05) is 6.92 Å². The van der Waals surface area contributed by atoms with Gasteiger partial charge in [-0.25, -0.2) is 4.39 Å². The molecule has 0 radical (unpaired) electrons. The molecule has 1 fully saturated rings. The van der Waals surface area contributed by atoms with Crippen molar-refractivity contribution >= 4 is 5.97 Å². The van der Waals surface area contributed by atoms with Crippen molar-refractivity contribution in [3.8, 4) is 5.75 Å². The summed E-state index contributed by atoms with van der Waals surface area (Å²) in [6.45, 7) is 3.26. The van der Waals surface area contributed by atoms with Crippen LogP contribution in [0.5, 0.6) is 5.75 Å². The lowest BCUT2D eigenvalue weighted by Gasteiger charge is -2.35. The Morgan fingerprint density at radius 3 is 2.65 bits per heavy atom. The van der Waals surface area contributed by atoms with Gasteiger partial charge in [0.2, 0.25) is 0 Å². The average Bonchev–Trinajstić information content (AvgIpc) is 2.46. The highest BCUT2D eigenvalue weighted by molar-refractivity contribution is 5.70. The summed E-state index contributed by atoms with van der Waals surface area (Å²) in [7, 11) is 1.53. The van der Waals surface area contributed by atoms with Gasteiger partial charge in [0.05, 0.1) is 13.0 Å². The number of piperidine rings is 1. The highest BCUT2D eigenvalue weighted by atomic mass is 19.1. The van der Waals surface area contributed by atoms with E-state index in [1.54, 1.807) is 12.1 Å². The molecule has 0 aromatic heterocycles. The van der Waals surface area contributed by atoms with Crippen molar-refractivity contribution in [2.75, 3.05) is 20.2 Å². The topological polar surface area (TPSA) is 49.8 Å². The standard InChI is InChI=1S/C15H20FNO3/c1-10(14-12(16)4-3-5-13(14)20-2)17-8-6-11(7-9-17)15(18)19/h3-5,10-11H,6-9H2,1-2H3,(H,18,19). The van der Waals surface area contributed by atoms with E-state index in [0.717, 1.165) is 0 Å². The second kappa shape index (κ2) is 6.22. The molecule has 0 amide bonds. The Morgan fingerprint density at radius 2 is 2.10 bits per heavy atom. The minimum absolute atomic E-state index is 0.124. The van der Waals surface area contributed by atoms with Crippen LogP contribution in [0, 0.1) is 11.7 Å². The molecule has 1 heterocycles. The van der Waals surface area contributed by atoms with Gasteiger partial charge in [-0.2, -0.15) is 0 Å². The predicted molar refractivity (Wildman–Crippen MR) is 73.3 cm³/mol. The van der Waals surface area contributed by atoms with Gasteiger partial charge in [-0.3, -0.25) is 9.69 Å². The maximum atomic E-state index is 14.0. The van der Waals surface area contributed by atoms with E-state index in [2.05, 4.69) is 4.90 Å². The Balaban J connectivity index is 2.13. The number of likely N-dealkylation sites (tertiary alicyclic amines) is 1. The summed E-state index contributed by atoms with van der Waals surface area (Å²) >= 11 is 0. The number of carbonyl (C=O) groups is 1. The zero-order valence-corrected chi connectivity index (χ0v) is 11.8. The van der Waals surface area contributed by atoms with E-state index in [9.17, 15) is 9.18 Å². The fourth-order valence-corrected chi connectivity index (χ4v) is 2.82. The zero-order valence-electron chi connectivity index (χ0n) is 11.8. The Morgan fingerprint density at radius 1 is 1.45 bits per heavy atom. The molecule has 1 saturated heterocycles. The predicted octanol–water partition coefficient (Wildman–Crippen LogP) is 2.69. The van der Waals surface area contributed by atoms with Crippen LogP contribution in [0.1, 0.15) is 31.4 Å². The molecule has 1 aromatic rings. The SMILES string of the molecule is COc1cccc(F)c1C(C)N1CCC(C(=O)O)CC1. The summed E-state index contributed by atoms with van der Waals surface area (Å²) in [5.74, 6) is -0.753. The van der Waals surface area contributed by atoms with E-state index in [0.29, 0.717) is 37.2 Å². The van der Waals surface area contributed by atoms with Crippen molar-refractivity contribution < 1.29 is 19.0 Å².